The Balaban J connectivity index is 5.40. The van der Waals surface area contributed by atoms with Crippen LogP contribution >= 0.6 is 15.6 Å². The summed E-state index contributed by atoms with van der Waals surface area (Å²) in [5.74, 6) is -2.22. The Morgan fingerprint density at radius 3 is 0.774 bits per heavy atom. The van der Waals surface area contributed by atoms with E-state index < -0.39 is 97.5 Å². The number of esters is 4. The summed E-state index contributed by atoms with van der Waals surface area (Å²) in [6.45, 7) is 4.61. The molecule has 5 unspecified atom stereocenters. The van der Waals surface area contributed by atoms with E-state index in [0.29, 0.717) is 25.7 Å². The molecule has 0 saturated carbocycles. The summed E-state index contributed by atoms with van der Waals surface area (Å²) in [5, 5.41) is 10.7. The highest BCUT2D eigenvalue weighted by atomic mass is 31.2. The summed E-state index contributed by atoms with van der Waals surface area (Å²) in [5.41, 5.74) is 0. The predicted octanol–water partition coefficient (Wildman–Crippen LogP) is 24.7. The third kappa shape index (κ3) is 77.6. The SMILES string of the molecule is CC/C=C\C/C=C\C/C=C\C/C=C\CCCCCCC(=O)OC(COC(=O)CCCCCCCC/C=C\C/C=C\C/C=C\CCCCC)COP(=O)(O)OCC(O)COP(=O)(O)OCC(COC(=O)CCCCCCC/C=C\C/C=C\C/C=C\CC)OC(=O)CCCCCCCCCCCCCCCCC. The Morgan fingerprint density at radius 1 is 0.274 bits per heavy atom. The maximum absolute atomic E-state index is 13.1. The number of phosphoric ester groups is 2. The van der Waals surface area contributed by atoms with Gasteiger partial charge in [0.25, 0.3) is 0 Å². The number of hydrogen-bond acceptors (Lipinski definition) is 15. The van der Waals surface area contributed by atoms with Gasteiger partial charge in [-0.2, -0.15) is 0 Å². The van der Waals surface area contributed by atoms with Gasteiger partial charge in [-0.25, -0.2) is 9.13 Å². The molecular weight excluding hydrogens is 1380 g/mol. The van der Waals surface area contributed by atoms with Gasteiger partial charge in [0, 0.05) is 25.7 Å². The molecule has 3 N–H and O–H groups in total. The second-order valence-electron chi connectivity index (χ2n) is 27.7. The van der Waals surface area contributed by atoms with Crippen molar-refractivity contribution in [1.29, 1.82) is 0 Å². The average Bonchev–Trinajstić information content (AvgIpc) is 0.907. The monoisotopic (exact) mass is 1530 g/mol. The van der Waals surface area contributed by atoms with Crippen molar-refractivity contribution in [2.24, 2.45) is 0 Å². The van der Waals surface area contributed by atoms with E-state index in [4.69, 9.17) is 37.0 Å². The van der Waals surface area contributed by atoms with Gasteiger partial charge in [-0.3, -0.25) is 37.3 Å². The molecule has 0 saturated heterocycles. The van der Waals surface area contributed by atoms with Crippen LogP contribution in [-0.4, -0.2) is 96.7 Å². The average molecular weight is 1530 g/mol. The normalized spacial score (nSPS) is 14.4. The first kappa shape index (κ1) is 101. The van der Waals surface area contributed by atoms with Crippen molar-refractivity contribution < 1.29 is 80.2 Å². The topological polar surface area (TPSA) is 237 Å². The number of ether oxygens (including phenoxy) is 4. The summed E-state index contributed by atoms with van der Waals surface area (Å²) < 4.78 is 68.7. The summed E-state index contributed by atoms with van der Waals surface area (Å²) in [7, 11) is -9.98. The van der Waals surface area contributed by atoms with Crippen LogP contribution < -0.4 is 0 Å². The maximum atomic E-state index is 13.1. The van der Waals surface area contributed by atoms with Gasteiger partial charge in [0.2, 0.25) is 0 Å². The summed E-state index contributed by atoms with van der Waals surface area (Å²) in [6, 6.07) is 0. The molecule has 0 fully saturated rings. The van der Waals surface area contributed by atoms with Crippen LogP contribution in [0.5, 0.6) is 0 Å². The number of carbonyl (C=O) groups is 4. The van der Waals surface area contributed by atoms with Crippen LogP contribution in [0.15, 0.2) is 122 Å². The number of phosphoric acid groups is 2. The quantitative estimate of drug-likeness (QED) is 0.0169. The minimum atomic E-state index is -4.99. The van der Waals surface area contributed by atoms with Crippen molar-refractivity contribution in [2.45, 2.75) is 367 Å². The van der Waals surface area contributed by atoms with Crippen LogP contribution in [-0.2, 0) is 65.4 Å². The second-order valence-corrected chi connectivity index (χ2v) is 30.6. The van der Waals surface area contributed by atoms with Crippen molar-refractivity contribution in [3.8, 4) is 0 Å². The van der Waals surface area contributed by atoms with Gasteiger partial charge >= 0.3 is 39.5 Å². The predicted molar refractivity (Wildman–Crippen MR) is 436 cm³/mol. The Kier molecular flexibility index (Phi) is 75.2. The fraction of sp³-hybridized carbons (Fsp3) is 0.724. The van der Waals surface area contributed by atoms with E-state index in [2.05, 4.69) is 149 Å². The number of aliphatic hydroxyl groups is 1. The molecule has 0 amide bonds. The smallest absolute Gasteiger partial charge is 0.462 e. The zero-order chi connectivity index (χ0) is 77.4. The third-order valence-electron chi connectivity index (χ3n) is 17.4. The molecule has 0 aromatic carbocycles. The van der Waals surface area contributed by atoms with E-state index in [1.165, 1.54) is 83.5 Å². The van der Waals surface area contributed by atoms with Crippen LogP contribution in [0.2, 0.25) is 0 Å². The molecule has 0 rings (SSSR count). The summed E-state index contributed by atoms with van der Waals surface area (Å²) >= 11 is 0. The fourth-order valence-electron chi connectivity index (χ4n) is 11.1. The van der Waals surface area contributed by atoms with Crippen molar-refractivity contribution in [2.75, 3.05) is 39.6 Å². The molecule has 0 heterocycles. The zero-order valence-corrected chi connectivity index (χ0v) is 68.6. The van der Waals surface area contributed by atoms with Crippen molar-refractivity contribution in [3.63, 3.8) is 0 Å². The van der Waals surface area contributed by atoms with Gasteiger partial charge in [-0.15, -0.1) is 0 Å². The highest BCUT2D eigenvalue weighted by Crippen LogP contribution is 2.45. The van der Waals surface area contributed by atoms with E-state index >= 15 is 0 Å². The molecule has 17 nitrogen and oxygen atoms in total. The first-order chi connectivity index (χ1) is 51.7. The van der Waals surface area contributed by atoms with E-state index in [1.807, 2.05) is 0 Å². The minimum Gasteiger partial charge on any atom is -0.462 e. The molecule has 0 aliphatic carbocycles. The molecule has 0 radical (unpaired) electrons. The summed E-state index contributed by atoms with van der Waals surface area (Å²) in [6.07, 6.45) is 87.3. The molecule has 610 valence electrons. The number of aliphatic hydroxyl groups excluding tert-OH is 1. The van der Waals surface area contributed by atoms with Crippen LogP contribution in [0.4, 0.5) is 0 Å². The van der Waals surface area contributed by atoms with Gasteiger partial charge in [0.05, 0.1) is 26.4 Å². The van der Waals surface area contributed by atoms with Crippen molar-refractivity contribution in [3.05, 3.63) is 122 Å². The molecule has 0 bridgehead atoms. The molecule has 5 atom stereocenters. The van der Waals surface area contributed by atoms with E-state index in [9.17, 15) is 43.2 Å². The van der Waals surface area contributed by atoms with E-state index in [1.54, 1.807) is 0 Å². The standard InChI is InChI=1S/C87H150O17P2/c1-5-9-13-17-21-25-29-33-37-39-40-42-45-48-52-56-60-64-68-72-85(90)98-78-83(104-87(92)74-70-66-62-58-54-50-46-41-38-34-30-26-22-18-14-10-6-2)80-102-106(95,96)100-76-81(88)75-99-105(93,94)101-79-82(103-86(91)73-69-65-61-57-53-49-44-36-32-28-24-20-16-12-8-4)77-97-84(89)71-67-63-59-55-51-47-43-35-31-27-23-19-15-11-7-3/h10-11,14-15,21-23,25-27,33-35,37-38,40,42-43,46,50,81-83,88H,5-9,12-13,16-20,24,28-32,36,39,41,44-45,47-49,51-80H2,1-4H3,(H,93,94)(H,95,96)/b14-10-,15-11-,25-21-,26-22-,27-23-,37-33-,38-34-,42-40-,43-35-,50-46-. The molecule has 106 heavy (non-hydrogen) atoms. The van der Waals surface area contributed by atoms with Gasteiger partial charge in [-0.05, 0) is 135 Å². The largest absolute Gasteiger partial charge is 0.472 e. The molecule has 0 aliphatic heterocycles. The molecule has 0 spiro atoms. The van der Waals surface area contributed by atoms with Gasteiger partial charge in [0.1, 0.15) is 19.3 Å². The van der Waals surface area contributed by atoms with Crippen LogP contribution in [0, 0.1) is 0 Å². The van der Waals surface area contributed by atoms with Crippen LogP contribution in [0.1, 0.15) is 349 Å². The number of carbonyl (C=O) groups excluding carboxylic acids is 4. The van der Waals surface area contributed by atoms with Crippen molar-refractivity contribution >= 4 is 39.5 Å². The molecule has 0 aliphatic rings. The Labute approximate surface area is 644 Å². The lowest BCUT2D eigenvalue weighted by Gasteiger charge is -2.21. The summed E-state index contributed by atoms with van der Waals surface area (Å²) in [4.78, 5) is 73.2. The van der Waals surface area contributed by atoms with Gasteiger partial charge in [0.15, 0.2) is 12.2 Å². The molecule has 0 aromatic rings. The van der Waals surface area contributed by atoms with E-state index in [0.717, 1.165) is 186 Å². The lowest BCUT2D eigenvalue weighted by atomic mass is 10.0. The minimum absolute atomic E-state index is 0.0620. The zero-order valence-electron chi connectivity index (χ0n) is 66.8. The Morgan fingerprint density at radius 2 is 0.491 bits per heavy atom. The Bertz CT molecular complexity index is 2480. The van der Waals surface area contributed by atoms with Gasteiger partial charge in [-0.1, -0.05) is 310 Å². The first-order valence-electron chi connectivity index (χ1n) is 41.8. The Hall–Kier alpha value is -4.54. The fourth-order valence-corrected chi connectivity index (χ4v) is 12.7. The lowest BCUT2D eigenvalue weighted by molar-refractivity contribution is -0.161. The van der Waals surface area contributed by atoms with Crippen molar-refractivity contribution in [1.82, 2.24) is 0 Å². The van der Waals surface area contributed by atoms with Gasteiger partial charge < -0.3 is 33.8 Å². The first-order valence-corrected chi connectivity index (χ1v) is 44.8. The van der Waals surface area contributed by atoms with Crippen LogP contribution in [0.3, 0.4) is 0 Å². The number of hydrogen-bond donors (Lipinski definition) is 3. The molecular formula is C87H150O17P2. The maximum Gasteiger partial charge on any atom is 0.472 e. The van der Waals surface area contributed by atoms with Crippen LogP contribution in [0.25, 0.3) is 0 Å². The second kappa shape index (κ2) is 78.6. The molecule has 0 aromatic heterocycles. The highest BCUT2D eigenvalue weighted by molar-refractivity contribution is 7.47. The lowest BCUT2D eigenvalue weighted by Crippen LogP contribution is -2.30. The highest BCUT2D eigenvalue weighted by Gasteiger charge is 2.30. The number of unbranched alkanes of at least 4 members (excludes halogenated alkanes) is 32. The molecule has 19 heteroatoms. The van der Waals surface area contributed by atoms with E-state index in [-0.39, 0.29) is 25.7 Å². The number of rotatable bonds is 78. The third-order valence-corrected chi connectivity index (χ3v) is 19.3. The number of allylic oxidation sites excluding steroid dienone is 20.